The van der Waals surface area contributed by atoms with E-state index in [1.165, 1.54) is 0 Å². The summed E-state index contributed by atoms with van der Waals surface area (Å²) in [6.45, 7) is 7.58. The largest absolute Gasteiger partial charge is 0.511 e. The molecule has 1 fully saturated rings. The van der Waals surface area contributed by atoms with Gasteiger partial charge in [0.05, 0.1) is 10.7 Å². The average Bonchev–Trinajstić information content (AvgIpc) is 2.48. The number of carbonyl (C=O) groups excluding carboxylic acids is 1. The van der Waals surface area contributed by atoms with Crippen LogP contribution in [0.5, 0.6) is 0 Å². The van der Waals surface area contributed by atoms with Gasteiger partial charge in [-0.25, -0.2) is 4.79 Å². The molecule has 1 aliphatic heterocycles. The highest BCUT2D eigenvalue weighted by Crippen LogP contribution is 2.42. The van der Waals surface area contributed by atoms with Gasteiger partial charge in [0.2, 0.25) is 0 Å². The lowest BCUT2D eigenvalue weighted by Gasteiger charge is -2.41. The Kier molecular flexibility index (Phi) is 5.74. The van der Waals surface area contributed by atoms with Gasteiger partial charge in [0, 0.05) is 6.42 Å². The van der Waals surface area contributed by atoms with E-state index < -0.39 is 11.6 Å². The van der Waals surface area contributed by atoms with Crippen LogP contribution < -0.4 is 0 Å². The van der Waals surface area contributed by atoms with Crippen molar-refractivity contribution in [3.63, 3.8) is 0 Å². The molecule has 1 saturated carbocycles. The molecule has 2 aliphatic rings. The van der Waals surface area contributed by atoms with Gasteiger partial charge in [-0.05, 0) is 38.0 Å². The quantitative estimate of drug-likeness (QED) is 0.461. The maximum absolute atomic E-state index is 12.4. The van der Waals surface area contributed by atoms with Crippen LogP contribution in [0.25, 0.3) is 0 Å². The van der Waals surface area contributed by atoms with Gasteiger partial charge in [0.1, 0.15) is 16.9 Å². The van der Waals surface area contributed by atoms with Gasteiger partial charge in [-0.1, -0.05) is 37.2 Å². The number of carbonyl (C=O) groups is 1. The van der Waals surface area contributed by atoms with Crippen LogP contribution in [0, 0.1) is 5.92 Å². The zero-order valence-corrected chi connectivity index (χ0v) is 14.5. The van der Waals surface area contributed by atoms with E-state index in [1.807, 2.05) is 6.92 Å². The lowest BCUT2D eigenvalue weighted by Crippen LogP contribution is -2.44. The predicted octanol–water partition coefficient (Wildman–Crippen LogP) is 4.23. The molecule has 0 radical (unpaired) electrons. The Balaban J connectivity index is 2.18. The van der Waals surface area contributed by atoms with Crippen molar-refractivity contribution in [1.29, 1.82) is 0 Å². The molecule has 2 rings (SSSR count). The maximum atomic E-state index is 12.4. The minimum absolute atomic E-state index is 0.0460. The number of ether oxygens (including phenoxy) is 1. The number of aliphatic hydroxyl groups excluding tert-OH is 1. The molecule has 0 unspecified atom stereocenters. The minimum atomic E-state index is -0.554. The third kappa shape index (κ3) is 4.28. The van der Waals surface area contributed by atoms with Gasteiger partial charge in [-0.2, -0.15) is 0 Å². The van der Waals surface area contributed by atoms with E-state index in [9.17, 15) is 9.90 Å². The lowest BCUT2D eigenvalue weighted by molar-refractivity contribution is -0.162. The summed E-state index contributed by atoms with van der Waals surface area (Å²) in [5.41, 5.74) is -0.0669. The fraction of sp³-hybridized carbons (Fsp3) is 0.647. The first-order chi connectivity index (χ1) is 10.9. The van der Waals surface area contributed by atoms with Gasteiger partial charge in [-0.3, -0.25) is 0 Å². The molecule has 128 valence electrons. The van der Waals surface area contributed by atoms with Crippen LogP contribution in [-0.2, 0) is 14.4 Å². The van der Waals surface area contributed by atoms with E-state index in [4.69, 9.17) is 21.2 Å². The zero-order chi connectivity index (χ0) is 17.0. The van der Waals surface area contributed by atoms with E-state index in [2.05, 4.69) is 18.7 Å². The highest BCUT2D eigenvalue weighted by Gasteiger charge is 2.44. The third-order valence-corrected chi connectivity index (χ3v) is 4.61. The Morgan fingerprint density at radius 1 is 1.52 bits per heavy atom. The van der Waals surface area contributed by atoms with Gasteiger partial charge in [-0.15, -0.1) is 0 Å². The molecule has 0 saturated heterocycles. The molecule has 0 atom stereocenters. The van der Waals surface area contributed by atoms with Gasteiger partial charge in [0.25, 0.3) is 0 Å². The fourth-order valence-corrected chi connectivity index (χ4v) is 3.16. The first-order valence-electron chi connectivity index (χ1n) is 8.05. The summed E-state index contributed by atoms with van der Waals surface area (Å²) in [4.78, 5) is 17.5. The molecule has 0 aromatic rings. The van der Waals surface area contributed by atoms with Crippen LogP contribution >= 0.6 is 11.6 Å². The fourth-order valence-electron chi connectivity index (χ4n) is 3.11. The average molecular weight is 342 g/mol. The van der Waals surface area contributed by atoms with Crippen molar-refractivity contribution < 1.29 is 19.5 Å². The molecule has 1 N–H and O–H groups in total. The van der Waals surface area contributed by atoms with Crippen molar-refractivity contribution >= 4 is 23.3 Å². The molecule has 0 amide bonds. The molecule has 1 aliphatic carbocycles. The van der Waals surface area contributed by atoms with Crippen LogP contribution in [0.2, 0.25) is 0 Å². The first-order valence-corrected chi connectivity index (χ1v) is 8.42. The number of oxime groups is 1. The highest BCUT2D eigenvalue weighted by molar-refractivity contribution is 6.29. The zero-order valence-electron chi connectivity index (χ0n) is 13.7. The van der Waals surface area contributed by atoms with Gasteiger partial charge < -0.3 is 14.7 Å². The number of hydrogen-bond acceptors (Lipinski definition) is 5. The summed E-state index contributed by atoms with van der Waals surface area (Å²) in [7, 11) is 0. The van der Waals surface area contributed by atoms with E-state index in [1.54, 1.807) is 0 Å². The number of esters is 1. The van der Waals surface area contributed by atoms with Crippen LogP contribution in [0.15, 0.2) is 28.1 Å². The first kappa shape index (κ1) is 17.9. The highest BCUT2D eigenvalue weighted by atomic mass is 35.5. The molecule has 6 heteroatoms. The molecule has 0 bridgehead atoms. The summed E-state index contributed by atoms with van der Waals surface area (Å²) in [6, 6.07) is 0. The van der Waals surface area contributed by atoms with Crippen LogP contribution in [0.3, 0.4) is 0 Å². The summed E-state index contributed by atoms with van der Waals surface area (Å²) in [5, 5.41) is 14.6. The van der Waals surface area contributed by atoms with Crippen LogP contribution in [0.1, 0.15) is 52.4 Å². The molecule has 23 heavy (non-hydrogen) atoms. The van der Waals surface area contributed by atoms with Gasteiger partial charge >= 0.3 is 5.97 Å². The summed E-state index contributed by atoms with van der Waals surface area (Å²) < 4.78 is 5.72. The molecule has 0 aromatic carbocycles. The van der Waals surface area contributed by atoms with Crippen LogP contribution in [0.4, 0.5) is 0 Å². The maximum Gasteiger partial charge on any atom is 0.344 e. The molecule has 0 aromatic heterocycles. The second kappa shape index (κ2) is 7.39. The Morgan fingerprint density at radius 3 is 2.70 bits per heavy atom. The topological polar surface area (TPSA) is 68.1 Å². The van der Waals surface area contributed by atoms with E-state index in [0.29, 0.717) is 29.5 Å². The molecular weight excluding hydrogens is 318 g/mol. The SMILES string of the molecule is C=C(Cl)CON=C(CC)C1=C(O)CC2(CCC(C)CC2)OC1=O. The lowest BCUT2D eigenvalue weighted by atomic mass is 9.75. The monoisotopic (exact) mass is 341 g/mol. The van der Waals surface area contributed by atoms with E-state index in [-0.39, 0.29) is 17.9 Å². The van der Waals surface area contributed by atoms with Crippen molar-refractivity contribution in [2.24, 2.45) is 11.1 Å². The number of nitrogens with zero attached hydrogens (tertiary/aromatic N) is 1. The molecule has 1 spiro atoms. The summed E-state index contributed by atoms with van der Waals surface area (Å²) in [5.74, 6) is 0.165. The van der Waals surface area contributed by atoms with Crippen molar-refractivity contribution in [1.82, 2.24) is 0 Å². The van der Waals surface area contributed by atoms with Crippen molar-refractivity contribution in [3.8, 4) is 0 Å². The Bertz CT molecular complexity index is 545. The minimum Gasteiger partial charge on any atom is -0.511 e. The third-order valence-electron chi connectivity index (χ3n) is 4.50. The van der Waals surface area contributed by atoms with Crippen molar-refractivity contribution in [3.05, 3.63) is 22.9 Å². The Labute approximate surface area is 142 Å². The van der Waals surface area contributed by atoms with Crippen molar-refractivity contribution in [2.75, 3.05) is 6.61 Å². The number of hydrogen-bond donors (Lipinski definition) is 1. The number of aliphatic hydroxyl groups is 1. The standard InChI is InChI=1S/C17H24ClNO4/c1-4-13(19-22-10-12(3)18)15-14(20)9-17(23-16(15)21)7-5-11(2)6-8-17/h11,20H,3-10H2,1-2H3. The smallest absolute Gasteiger partial charge is 0.344 e. The normalized spacial score (nSPS) is 28.7. The Hall–Kier alpha value is -1.49. The van der Waals surface area contributed by atoms with Crippen LogP contribution in [-0.4, -0.2) is 29.0 Å². The molecule has 5 nitrogen and oxygen atoms in total. The number of halogens is 1. The summed E-state index contributed by atoms with van der Waals surface area (Å²) in [6.07, 6.45) is 4.38. The molecular formula is C17H24ClNO4. The van der Waals surface area contributed by atoms with Crippen molar-refractivity contribution in [2.45, 2.75) is 58.0 Å². The van der Waals surface area contributed by atoms with E-state index >= 15 is 0 Å². The second-order valence-corrected chi connectivity index (χ2v) is 6.97. The predicted molar refractivity (Wildman–Crippen MR) is 89.4 cm³/mol. The van der Waals surface area contributed by atoms with E-state index in [0.717, 1.165) is 25.7 Å². The second-order valence-electron chi connectivity index (χ2n) is 6.44. The Morgan fingerprint density at radius 2 is 2.17 bits per heavy atom. The van der Waals surface area contributed by atoms with Gasteiger partial charge in [0.15, 0.2) is 6.61 Å². The summed E-state index contributed by atoms with van der Waals surface area (Å²) >= 11 is 5.61. The number of rotatable bonds is 5. The molecule has 1 heterocycles.